The Bertz CT molecular complexity index is 319. The molecular formula is C16H32ClN3O. The first-order valence-electron chi connectivity index (χ1n) is 8.28. The monoisotopic (exact) mass is 317 g/mol. The molecule has 5 heteroatoms. The van der Waals surface area contributed by atoms with Crippen LogP contribution in [-0.2, 0) is 4.79 Å². The number of nitrogens with two attached hydrogens (primary N) is 1. The van der Waals surface area contributed by atoms with Gasteiger partial charge in [0.05, 0.1) is 6.54 Å². The zero-order valence-corrected chi connectivity index (χ0v) is 14.6. The van der Waals surface area contributed by atoms with E-state index in [9.17, 15) is 4.79 Å². The van der Waals surface area contributed by atoms with Gasteiger partial charge in [-0.3, -0.25) is 9.69 Å². The van der Waals surface area contributed by atoms with Crippen LogP contribution >= 0.6 is 12.4 Å². The van der Waals surface area contributed by atoms with Crippen LogP contribution in [0.4, 0.5) is 0 Å². The van der Waals surface area contributed by atoms with E-state index in [2.05, 4.69) is 30.6 Å². The normalized spacial score (nSPS) is 29.8. The number of amides is 1. The van der Waals surface area contributed by atoms with Crippen LogP contribution in [0.2, 0.25) is 0 Å². The number of carbonyl (C=O) groups is 1. The number of piperidine rings is 2. The molecule has 3 atom stereocenters. The van der Waals surface area contributed by atoms with Gasteiger partial charge in [-0.1, -0.05) is 0 Å². The topological polar surface area (TPSA) is 49.6 Å². The lowest BCUT2D eigenvalue weighted by Gasteiger charge is -2.41. The Morgan fingerprint density at radius 2 is 1.67 bits per heavy atom. The zero-order chi connectivity index (χ0) is 14.7. The Labute approximate surface area is 135 Å². The van der Waals surface area contributed by atoms with Crippen molar-refractivity contribution in [2.24, 2.45) is 11.7 Å². The fourth-order valence-electron chi connectivity index (χ4n) is 3.82. The van der Waals surface area contributed by atoms with Crippen molar-refractivity contribution in [3.05, 3.63) is 0 Å². The third kappa shape index (κ3) is 4.83. The number of halogens is 1. The molecule has 0 spiro atoms. The van der Waals surface area contributed by atoms with E-state index < -0.39 is 0 Å². The summed E-state index contributed by atoms with van der Waals surface area (Å²) in [7, 11) is 0. The molecule has 124 valence electrons. The van der Waals surface area contributed by atoms with E-state index in [0.717, 1.165) is 38.8 Å². The lowest BCUT2D eigenvalue weighted by molar-refractivity contribution is -0.138. The quantitative estimate of drug-likeness (QED) is 0.868. The van der Waals surface area contributed by atoms with E-state index >= 15 is 0 Å². The summed E-state index contributed by atoms with van der Waals surface area (Å²) in [5.41, 5.74) is 5.97. The van der Waals surface area contributed by atoms with Crippen LogP contribution in [0, 0.1) is 5.92 Å². The van der Waals surface area contributed by atoms with Crippen LogP contribution in [0.1, 0.15) is 52.9 Å². The molecule has 0 bridgehead atoms. The number of hydrogen-bond acceptors (Lipinski definition) is 3. The van der Waals surface area contributed by atoms with Crippen molar-refractivity contribution >= 4 is 18.3 Å². The van der Waals surface area contributed by atoms with Gasteiger partial charge < -0.3 is 10.6 Å². The molecule has 0 aromatic carbocycles. The summed E-state index contributed by atoms with van der Waals surface area (Å²) in [6.45, 7) is 9.12. The highest BCUT2D eigenvalue weighted by atomic mass is 35.5. The maximum absolute atomic E-state index is 12.6. The standard InChI is InChI=1S/C16H31N3O.ClH/c1-12-5-4-6-13(2)19(12)16(20)11-18-9-7-15(8-10-18)14(3)17;/h12-15H,4-11,17H2,1-3H3;1H. The van der Waals surface area contributed by atoms with Gasteiger partial charge >= 0.3 is 0 Å². The van der Waals surface area contributed by atoms with Crippen molar-refractivity contribution in [1.82, 2.24) is 9.80 Å². The first-order valence-corrected chi connectivity index (χ1v) is 8.28. The average molecular weight is 318 g/mol. The van der Waals surface area contributed by atoms with E-state index in [1.807, 2.05) is 0 Å². The Morgan fingerprint density at radius 1 is 1.14 bits per heavy atom. The van der Waals surface area contributed by atoms with Crippen molar-refractivity contribution in [3.8, 4) is 0 Å². The summed E-state index contributed by atoms with van der Waals surface area (Å²) < 4.78 is 0. The van der Waals surface area contributed by atoms with Gasteiger partial charge in [0.1, 0.15) is 0 Å². The van der Waals surface area contributed by atoms with Gasteiger partial charge in [-0.15, -0.1) is 12.4 Å². The van der Waals surface area contributed by atoms with Crippen LogP contribution in [0.3, 0.4) is 0 Å². The average Bonchev–Trinajstić information content (AvgIpc) is 2.39. The van der Waals surface area contributed by atoms with E-state index in [-0.39, 0.29) is 18.4 Å². The second-order valence-corrected chi connectivity index (χ2v) is 6.90. The van der Waals surface area contributed by atoms with Gasteiger partial charge in [-0.25, -0.2) is 0 Å². The predicted molar refractivity (Wildman–Crippen MR) is 89.7 cm³/mol. The summed E-state index contributed by atoms with van der Waals surface area (Å²) in [5, 5.41) is 0. The number of hydrogen-bond donors (Lipinski definition) is 1. The molecule has 2 aliphatic rings. The van der Waals surface area contributed by atoms with E-state index in [1.54, 1.807) is 0 Å². The molecule has 2 rings (SSSR count). The van der Waals surface area contributed by atoms with Crippen molar-refractivity contribution in [2.75, 3.05) is 19.6 Å². The highest BCUT2D eigenvalue weighted by molar-refractivity contribution is 5.85. The molecule has 0 aromatic rings. The molecule has 0 radical (unpaired) electrons. The van der Waals surface area contributed by atoms with E-state index in [4.69, 9.17) is 5.73 Å². The fourth-order valence-corrected chi connectivity index (χ4v) is 3.82. The van der Waals surface area contributed by atoms with Gasteiger partial charge in [0.15, 0.2) is 0 Å². The molecule has 0 aromatic heterocycles. The molecule has 2 N–H and O–H groups in total. The largest absolute Gasteiger partial charge is 0.336 e. The third-order valence-corrected chi connectivity index (χ3v) is 5.22. The molecule has 2 fully saturated rings. The molecule has 2 heterocycles. The van der Waals surface area contributed by atoms with Gasteiger partial charge in [-0.05, 0) is 71.9 Å². The minimum atomic E-state index is 0. The first-order chi connectivity index (χ1) is 9.49. The molecular weight excluding hydrogens is 286 g/mol. The molecule has 3 unspecified atom stereocenters. The van der Waals surface area contributed by atoms with Crippen molar-refractivity contribution in [2.45, 2.75) is 71.0 Å². The summed E-state index contributed by atoms with van der Waals surface area (Å²) in [4.78, 5) is 17.0. The van der Waals surface area contributed by atoms with Crippen molar-refractivity contribution in [1.29, 1.82) is 0 Å². The number of nitrogens with zero attached hydrogens (tertiary/aromatic N) is 2. The summed E-state index contributed by atoms with van der Waals surface area (Å²) in [6, 6.07) is 1.11. The van der Waals surface area contributed by atoms with Crippen LogP contribution in [0.25, 0.3) is 0 Å². The van der Waals surface area contributed by atoms with E-state index in [0.29, 0.717) is 30.5 Å². The van der Waals surface area contributed by atoms with Crippen molar-refractivity contribution < 1.29 is 4.79 Å². The molecule has 2 aliphatic heterocycles. The second kappa shape index (κ2) is 8.35. The molecule has 21 heavy (non-hydrogen) atoms. The Morgan fingerprint density at radius 3 is 2.14 bits per heavy atom. The SMILES string of the molecule is CC(N)C1CCN(CC(=O)N2C(C)CCCC2C)CC1.Cl. The number of likely N-dealkylation sites (tertiary alicyclic amines) is 2. The molecule has 0 saturated carbocycles. The van der Waals surface area contributed by atoms with Gasteiger partial charge in [0.2, 0.25) is 5.91 Å². The van der Waals surface area contributed by atoms with Crippen LogP contribution in [0.15, 0.2) is 0 Å². The number of rotatable bonds is 3. The van der Waals surface area contributed by atoms with E-state index in [1.165, 1.54) is 6.42 Å². The first kappa shape index (κ1) is 18.7. The zero-order valence-electron chi connectivity index (χ0n) is 13.8. The molecule has 0 aliphatic carbocycles. The third-order valence-electron chi connectivity index (χ3n) is 5.22. The second-order valence-electron chi connectivity index (χ2n) is 6.90. The van der Waals surface area contributed by atoms with Crippen LogP contribution < -0.4 is 5.73 Å². The maximum atomic E-state index is 12.6. The Kier molecular flexibility index (Phi) is 7.45. The molecule has 2 saturated heterocycles. The van der Waals surface area contributed by atoms with Crippen LogP contribution in [-0.4, -0.2) is 53.5 Å². The van der Waals surface area contributed by atoms with Gasteiger partial charge in [0, 0.05) is 18.1 Å². The Hall–Kier alpha value is -0.320. The molecule has 4 nitrogen and oxygen atoms in total. The highest BCUT2D eigenvalue weighted by Crippen LogP contribution is 2.24. The smallest absolute Gasteiger partial charge is 0.237 e. The molecule has 1 amide bonds. The minimum absolute atomic E-state index is 0. The van der Waals surface area contributed by atoms with Crippen LogP contribution in [0.5, 0.6) is 0 Å². The highest BCUT2D eigenvalue weighted by Gasteiger charge is 2.31. The summed E-state index contributed by atoms with van der Waals surface area (Å²) >= 11 is 0. The fraction of sp³-hybridized carbons (Fsp3) is 0.938. The maximum Gasteiger partial charge on any atom is 0.237 e. The minimum Gasteiger partial charge on any atom is -0.336 e. The Balaban J connectivity index is 0.00000220. The summed E-state index contributed by atoms with van der Waals surface area (Å²) in [6.07, 6.45) is 5.84. The lowest BCUT2D eigenvalue weighted by Crippen LogP contribution is -2.52. The number of carbonyl (C=O) groups excluding carboxylic acids is 1. The van der Waals surface area contributed by atoms with Gasteiger partial charge in [-0.2, -0.15) is 0 Å². The summed E-state index contributed by atoms with van der Waals surface area (Å²) in [5.74, 6) is 0.957. The predicted octanol–water partition coefficient (Wildman–Crippen LogP) is 2.26. The van der Waals surface area contributed by atoms with Gasteiger partial charge in [0.25, 0.3) is 0 Å². The lowest BCUT2D eigenvalue weighted by atomic mass is 9.91. The van der Waals surface area contributed by atoms with Crippen molar-refractivity contribution in [3.63, 3.8) is 0 Å².